The van der Waals surface area contributed by atoms with Gasteiger partial charge in [-0.25, -0.2) is 0 Å². The molecule has 2 N–H and O–H groups in total. The highest BCUT2D eigenvalue weighted by Crippen LogP contribution is 2.25. The van der Waals surface area contributed by atoms with Gasteiger partial charge in [-0.05, 0) is 43.9 Å². The fourth-order valence-corrected chi connectivity index (χ4v) is 2.21. The zero-order valence-electron chi connectivity index (χ0n) is 12.1. The fourth-order valence-electron chi connectivity index (χ4n) is 2.21. The molecule has 0 spiro atoms. The van der Waals surface area contributed by atoms with E-state index in [0.717, 1.165) is 18.1 Å². The second kappa shape index (κ2) is 7.42. The van der Waals surface area contributed by atoms with Gasteiger partial charge in [0, 0.05) is 6.04 Å². The van der Waals surface area contributed by atoms with Gasteiger partial charge >= 0.3 is 0 Å². The van der Waals surface area contributed by atoms with Crippen molar-refractivity contribution in [3.8, 4) is 5.75 Å². The third-order valence-electron chi connectivity index (χ3n) is 3.40. The smallest absolute Gasteiger partial charge is 0.120 e. The van der Waals surface area contributed by atoms with E-state index in [9.17, 15) is 0 Å². The Morgan fingerprint density at radius 2 is 1.83 bits per heavy atom. The Labute approximate surface area is 112 Å². The standard InChI is InChI=1S/C16H27NO/c1-5-13(6-2)10-16(17)14-8-7-9-15(11-14)18-12(3)4/h7-9,11-13,16H,5-6,10,17H2,1-4H3. The molecule has 0 fully saturated rings. The second-order valence-corrected chi connectivity index (χ2v) is 5.26. The minimum Gasteiger partial charge on any atom is -0.491 e. The molecule has 102 valence electrons. The maximum atomic E-state index is 6.29. The van der Waals surface area contributed by atoms with Crippen LogP contribution in [0, 0.1) is 5.92 Å². The minimum absolute atomic E-state index is 0.116. The monoisotopic (exact) mass is 249 g/mol. The Morgan fingerprint density at radius 1 is 1.17 bits per heavy atom. The zero-order valence-corrected chi connectivity index (χ0v) is 12.1. The van der Waals surface area contributed by atoms with E-state index in [0.29, 0.717) is 0 Å². The lowest BCUT2D eigenvalue weighted by molar-refractivity contribution is 0.242. The molecule has 1 aromatic rings. The molecule has 18 heavy (non-hydrogen) atoms. The first-order chi connectivity index (χ1) is 8.56. The summed E-state index contributed by atoms with van der Waals surface area (Å²) in [4.78, 5) is 0. The van der Waals surface area contributed by atoms with Crippen molar-refractivity contribution in [3.05, 3.63) is 29.8 Å². The molecule has 0 amide bonds. The summed E-state index contributed by atoms with van der Waals surface area (Å²) in [5.41, 5.74) is 7.47. The van der Waals surface area contributed by atoms with E-state index < -0.39 is 0 Å². The van der Waals surface area contributed by atoms with Gasteiger partial charge in [0.15, 0.2) is 0 Å². The van der Waals surface area contributed by atoms with Crippen molar-refractivity contribution in [2.45, 2.75) is 59.1 Å². The SMILES string of the molecule is CCC(CC)CC(N)c1cccc(OC(C)C)c1. The highest BCUT2D eigenvalue weighted by atomic mass is 16.5. The van der Waals surface area contributed by atoms with Crippen LogP contribution in [-0.4, -0.2) is 6.10 Å². The van der Waals surface area contributed by atoms with E-state index in [-0.39, 0.29) is 12.1 Å². The first-order valence-electron chi connectivity index (χ1n) is 7.09. The van der Waals surface area contributed by atoms with Crippen molar-refractivity contribution >= 4 is 0 Å². The summed E-state index contributed by atoms with van der Waals surface area (Å²) in [6.45, 7) is 8.55. The predicted octanol–water partition coefficient (Wildman–Crippen LogP) is 4.30. The first-order valence-corrected chi connectivity index (χ1v) is 7.09. The molecule has 1 atom stereocenters. The van der Waals surface area contributed by atoms with Crippen LogP contribution in [0.4, 0.5) is 0 Å². The lowest BCUT2D eigenvalue weighted by Crippen LogP contribution is -2.15. The Bertz CT molecular complexity index is 345. The second-order valence-electron chi connectivity index (χ2n) is 5.26. The van der Waals surface area contributed by atoms with Crippen LogP contribution in [0.2, 0.25) is 0 Å². The van der Waals surface area contributed by atoms with E-state index in [4.69, 9.17) is 10.5 Å². The molecule has 0 aliphatic rings. The predicted molar refractivity (Wildman–Crippen MR) is 77.8 cm³/mol. The molecule has 0 radical (unpaired) electrons. The van der Waals surface area contributed by atoms with Gasteiger partial charge in [0.1, 0.15) is 5.75 Å². The fraction of sp³-hybridized carbons (Fsp3) is 0.625. The molecule has 1 aromatic carbocycles. The molecule has 0 aromatic heterocycles. The minimum atomic E-state index is 0.116. The summed E-state index contributed by atoms with van der Waals surface area (Å²) in [5, 5.41) is 0. The van der Waals surface area contributed by atoms with Gasteiger partial charge in [-0.3, -0.25) is 0 Å². The molecule has 0 saturated carbocycles. The molecule has 1 unspecified atom stereocenters. The van der Waals surface area contributed by atoms with Crippen LogP contribution in [-0.2, 0) is 0 Å². The van der Waals surface area contributed by atoms with Crippen LogP contribution in [0.15, 0.2) is 24.3 Å². The average Bonchev–Trinajstić information content (AvgIpc) is 2.35. The van der Waals surface area contributed by atoms with Crippen molar-refractivity contribution in [3.63, 3.8) is 0 Å². The highest BCUT2D eigenvalue weighted by Gasteiger charge is 2.12. The largest absolute Gasteiger partial charge is 0.491 e. The van der Waals surface area contributed by atoms with Crippen LogP contribution in [0.1, 0.15) is 58.6 Å². The lowest BCUT2D eigenvalue weighted by atomic mass is 9.91. The molecule has 1 rings (SSSR count). The van der Waals surface area contributed by atoms with Gasteiger partial charge in [-0.1, -0.05) is 38.8 Å². The average molecular weight is 249 g/mol. The normalized spacial score (nSPS) is 13.1. The van der Waals surface area contributed by atoms with Crippen molar-refractivity contribution in [2.75, 3.05) is 0 Å². The molecule has 0 saturated heterocycles. The summed E-state index contributed by atoms with van der Waals surface area (Å²) in [6.07, 6.45) is 3.66. The van der Waals surface area contributed by atoms with Gasteiger partial charge in [0.05, 0.1) is 6.10 Å². The van der Waals surface area contributed by atoms with Crippen molar-refractivity contribution in [1.29, 1.82) is 0 Å². The molecule has 0 aliphatic heterocycles. The molecule has 2 nitrogen and oxygen atoms in total. The summed E-state index contributed by atoms with van der Waals surface area (Å²) in [5.74, 6) is 1.64. The number of ether oxygens (including phenoxy) is 1. The van der Waals surface area contributed by atoms with Crippen LogP contribution < -0.4 is 10.5 Å². The quantitative estimate of drug-likeness (QED) is 0.782. The highest BCUT2D eigenvalue weighted by molar-refractivity contribution is 5.30. The number of rotatable bonds is 7. The van der Waals surface area contributed by atoms with E-state index in [2.05, 4.69) is 26.0 Å². The first kappa shape index (κ1) is 15.0. The van der Waals surface area contributed by atoms with Gasteiger partial charge in [0.2, 0.25) is 0 Å². The van der Waals surface area contributed by atoms with Crippen LogP contribution in [0.3, 0.4) is 0 Å². The number of nitrogens with two attached hydrogens (primary N) is 1. The van der Waals surface area contributed by atoms with E-state index in [1.165, 1.54) is 18.4 Å². The topological polar surface area (TPSA) is 35.2 Å². The molecule has 0 aliphatic carbocycles. The number of hydrogen-bond acceptors (Lipinski definition) is 2. The summed E-state index contributed by atoms with van der Waals surface area (Å²) in [6, 6.07) is 8.31. The Balaban J connectivity index is 2.70. The molecular formula is C16H27NO. The Kier molecular flexibility index (Phi) is 6.20. The van der Waals surface area contributed by atoms with Gasteiger partial charge in [0.25, 0.3) is 0 Å². The zero-order chi connectivity index (χ0) is 13.5. The maximum Gasteiger partial charge on any atom is 0.120 e. The molecule has 0 bridgehead atoms. The molecule has 0 heterocycles. The summed E-state index contributed by atoms with van der Waals surface area (Å²) >= 11 is 0. The van der Waals surface area contributed by atoms with E-state index in [1.54, 1.807) is 0 Å². The lowest BCUT2D eigenvalue weighted by Gasteiger charge is -2.19. The van der Waals surface area contributed by atoms with Crippen LogP contribution in [0.5, 0.6) is 5.75 Å². The Hall–Kier alpha value is -1.02. The summed E-state index contributed by atoms with van der Waals surface area (Å²) < 4.78 is 5.71. The van der Waals surface area contributed by atoms with Gasteiger partial charge in [-0.2, -0.15) is 0 Å². The van der Waals surface area contributed by atoms with Crippen molar-refractivity contribution in [2.24, 2.45) is 11.7 Å². The third kappa shape index (κ3) is 4.69. The van der Waals surface area contributed by atoms with Gasteiger partial charge in [-0.15, -0.1) is 0 Å². The Morgan fingerprint density at radius 3 is 2.39 bits per heavy atom. The van der Waals surface area contributed by atoms with Crippen molar-refractivity contribution in [1.82, 2.24) is 0 Å². The maximum absolute atomic E-state index is 6.29. The number of hydrogen-bond donors (Lipinski definition) is 1. The van der Waals surface area contributed by atoms with Crippen molar-refractivity contribution < 1.29 is 4.74 Å². The molecular weight excluding hydrogens is 222 g/mol. The van der Waals surface area contributed by atoms with Gasteiger partial charge < -0.3 is 10.5 Å². The summed E-state index contributed by atoms with van der Waals surface area (Å²) in [7, 11) is 0. The van der Waals surface area contributed by atoms with Crippen LogP contribution in [0.25, 0.3) is 0 Å². The number of benzene rings is 1. The van der Waals surface area contributed by atoms with E-state index >= 15 is 0 Å². The molecule has 2 heteroatoms. The van der Waals surface area contributed by atoms with Crippen LogP contribution >= 0.6 is 0 Å². The third-order valence-corrected chi connectivity index (χ3v) is 3.40. The van der Waals surface area contributed by atoms with E-state index in [1.807, 2.05) is 26.0 Å².